The molecular formula is C5H11BrClO4P. The Hall–Kier alpha value is 0.880. The minimum Gasteiger partial charge on any atom is -0.302 e. The minimum atomic E-state index is -3.99. The first-order valence-electron chi connectivity index (χ1n) is 3.47. The van der Waals surface area contributed by atoms with Crippen molar-refractivity contribution in [3.63, 3.8) is 0 Å². The number of halogens is 2. The second-order valence-corrected chi connectivity index (χ2v) is 4.84. The third kappa shape index (κ3) is 6.40. The van der Waals surface area contributed by atoms with Crippen LogP contribution in [0.3, 0.4) is 0 Å². The monoisotopic (exact) mass is 280 g/mol. The van der Waals surface area contributed by atoms with Crippen molar-refractivity contribution in [1.29, 1.82) is 0 Å². The fourth-order valence-electron chi connectivity index (χ4n) is 0.578. The number of hydrogen-bond acceptors (Lipinski definition) is 3. The van der Waals surface area contributed by atoms with E-state index in [4.69, 9.17) is 16.5 Å². The highest BCUT2D eigenvalue weighted by molar-refractivity contribution is 9.06. The van der Waals surface area contributed by atoms with E-state index in [1.807, 2.05) is 6.92 Å². The largest absolute Gasteiger partial charge is 0.484 e. The van der Waals surface area contributed by atoms with Crippen molar-refractivity contribution < 1.29 is 17.6 Å². The van der Waals surface area contributed by atoms with Crippen molar-refractivity contribution in [2.75, 3.05) is 0 Å². The second kappa shape index (κ2) is 6.35. The summed E-state index contributed by atoms with van der Waals surface area (Å²) >= 11 is 7.94. The van der Waals surface area contributed by atoms with Crippen LogP contribution in [0, 0.1) is 0 Å². The maximum Gasteiger partial charge on any atom is 0.484 e. The quantitative estimate of drug-likeness (QED) is 0.600. The zero-order chi connectivity index (χ0) is 9.61. The van der Waals surface area contributed by atoms with Crippen LogP contribution in [-0.4, -0.2) is 10.5 Å². The molecule has 0 heterocycles. The highest BCUT2D eigenvalue weighted by Gasteiger charge is 2.24. The van der Waals surface area contributed by atoms with E-state index in [1.165, 1.54) is 0 Å². The Morgan fingerprint density at radius 3 is 2.75 bits per heavy atom. The Labute approximate surface area is 85.3 Å². The molecule has 4 nitrogen and oxygen atoms in total. The van der Waals surface area contributed by atoms with E-state index in [1.54, 1.807) is 0 Å². The van der Waals surface area contributed by atoms with Gasteiger partial charge in [0.25, 0.3) is 0 Å². The van der Waals surface area contributed by atoms with Crippen LogP contribution in [0.5, 0.6) is 0 Å². The van der Waals surface area contributed by atoms with Crippen molar-refractivity contribution in [2.45, 2.75) is 31.7 Å². The highest BCUT2D eigenvalue weighted by Crippen LogP contribution is 2.47. The van der Waals surface area contributed by atoms with Crippen LogP contribution in [0.2, 0.25) is 0 Å². The summed E-state index contributed by atoms with van der Waals surface area (Å²) in [7, 11) is -3.99. The molecule has 74 valence electrons. The summed E-state index contributed by atoms with van der Waals surface area (Å²) in [5.74, 6) is 0. The van der Waals surface area contributed by atoms with Crippen LogP contribution in [0.4, 0.5) is 0 Å². The first-order chi connectivity index (χ1) is 5.52. The van der Waals surface area contributed by atoms with Crippen LogP contribution in [0.1, 0.15) is 26.2 Å². The van der Waals surface area contributed by atoms with E-state index < -0.39 is 13.4 Å². The number of rotatable bonds is 6. The predicted molar refractivity (Wildman–Crippen MR) is 50.1 cm³/mol. The Bertz CT molecular complexity index is 168. The van der Waals surface area contributed by atoms with Crippen molar-refractivity contribution in [3.05, 3.63) is 0 Å². The van der Waals surface area contributed by atoms with E-state index in [2.05, 4.69) is 24.4 Å². The SMILES string of the molecule is CCCCC(Cl)OP(=O)(O)OBr. The van der Waals surface area contributed by atoms with Crippen LogP contribution >= 0.6 is 35.7 Å². The number of hydrogen-bond donors (Lipinski definition) is 1. The third-order valence-corrected chi connectivity index (χ3v) is 3.34. The summed E-state index contributed by atoms with van der Waals surface area (Å²) in [6.45, 7) is 1.99. The summed E-state index contributed by atoms with van der Waals surface area (Å²) < 4.78 is 19.2. The lowest BCUT2D eigenvalue weighted by atomic mass is 10.3. The van der Waals surface area contributed by atoms with E-state index in [-0.39, 0.29) is 0 Å². The van der Waals surface area contributed by atoms with Gasteiger partial charge < -0.3 is 4.89 Å². The molecule has 0 amide bonds. The van der Waals surface area contributed by atoms with Gasteiger partial charge in [-0.25, -0.2) is 8.18 Å². The molecule has 0 spiro atoms. The van der Waals surface area contributed by atoms with Crippen molar-refractivity contribution >= 4 is 35.7 Å². The van der Waals surface area contributed by atoms with Gasteiger partial charge in [-0.3, -0.25) is 4.52 Å². The molecule has 0 aliphatic carbocycles. The average Bonchev–Trinajstić information content (AvgIpc) is 2.00. The molecule has 0 rings (SSSR count). The van der Waals surface area contributed by atoms with Crippen LogP contribution < -0.4 is 0 Å². The third-order valence-electron chi connectivity index (χ3n) is 1.12. The van der Waals surface area contributed by atoms with Gasteiger partial charge in [-0.2, -0.15) is 0 Å². The zero-order valence-electron chi connectivity index (χ0n) is 6.57. The molecule has 0 saturated carbocycles. The molecule has 0 aromatic rings. The molecule has 1 N–H and O–H groups in total. The lowest BCUT2D eigenvalue weighted by Gasteiger charge is -2.12. The Morgan fingerprint density at radius 2 is 2.33 bits per heavy atom. The molecule has 0 aromatic carbocycles. The molecule has 2 unspecified atom stereocenters. The summed E-state index contributed by atoms with van der Waals surface area (Å²) in [4.78, 5) is 8.77. The Morgan fingerprint density at radius 1 is 1.75 bits per heavy atom. The van der Waals surface area contributed by atoms with Gasteiger partial charge >= 0.3 is 7.82 Å². The first kappa shape index (κ1) is 12.9. The molecule has 0 bridgehead atoms. The molecule has 0 fully saturated rings. The van der Waals surface area contributed by atoms with E-state index in [0.717, 1.165) is 12.8 Å². The predicted octanol–water partition coefficient (Wildman–Crippen LogP) is 3.19. The normalized spacial score (nSPS) is 18.7. The van der Waals surface area contributed by atoms with Gasteiger partial charge in [-0.1, -0.05) is 24.9 Å². The zero-order valence-corrected chi connectivity index (χ0v) is 9.81. The number of unbranched alkanes of at least 4 members (excludes halogenated alkanes) is 1. The smallest absolute Gasteiger partial charge is 0.302 e. The molecule has 0 radical (unpaired) electrons. The fourth-order valence-corrected chi connectivity index (χ4v) is 1.67. The molecule has 0 aliphatic rings. The van der Waals surface area contributed by atoms with E-state index in [0.29, 0.717) is 6.42 Å². The summed E-state index contributed by atoms with van der Waals surface area (Å²) in [6, 6.07) is 0. The molecule has 2 atom stereocenters. The fraction of sp³-hybridized carbons (Fsp3) is 1.00. The summed E-state index contributed by atoms with van der Waals surface area (Å²) in [5.41, 5.74) is -0.779. The number of phosphoric acid groups is 1. The average molecular weight is 281 g/mol. The van der Waals surface area contributed by atoms with Gasteiger partial charge in [0.1, 0.15) is 21.8 Å². The molecular weight excluding hydrogens is 270 g/mol. The van der Waals surface area contributed by atoms with Gasteiger partial charge in [0.2, 0.25) is 0 Å². The minimum absolute atomic E-state index is 0.527. The number of alkyl halides is 1. The highest BCUT2D eigenvalue weighted by atomic mass is 79.9. The van der Waals surface area contributed by atoms with Crippen molar-refractivity contribution in [2.24, 2.45) is 0 Å². The van der Waals surface area contributed by atoms with Crippen molar-refractivity contribution in [1.82, 2.24) is 0 Å². The van der Waals surface area contributed by atoms with Crippen molar-refractivity contribution in [3.8, 4) is 0 Å². The van der Waals surface area contributed by atoms with Gasteiger partial charge in [-0.15, -0.1) is 0 Å². The van der Waals surface area contributed by atoms with Gasteiger partial charge in [0.05, 0.1) is 0 Å². The van der Waals surface area contributed by atoms with Gasteiger partial charge in [0, 0.05) is 0 Å². The maximum atomic E-state index is 10.7. The maximum absolute atomic E-state index is 10.7. The van der Waals surface area contributed by atoms with E-state index in [9.17, 15) is 4.57 Å². The first-order valence-corrected chi connectivity index (χ1v) is 6.05. The summed E-state index contributed by atoms with van der Waals surface area (Å²) in [6.07, 6.45) is 2.33. The van der Waals surface area contributed by atoms with Gasteiger partial charge in [-0.05, 0) is 12.8 Å². The number of phosphoric ester groups is 1. The molecule has 7 heteroatoms. The topological polar surface area (TPSA) is 55.8 Å². The molecule has 0 aromatic heterocycles. The van der Waals surface area contributed by atoms with E-state index >= 15 is 0 Å². The second-order valence-electron chi connectivity index (χ2n) is 2.20. The van der Waals surface area contributed by atoms with Crippen LogP contribution in [0.25, 0.3) is 0 Å². The molecule has 0 saturated heterocycles. The molecule has 12 heavy (non-hydrogen) atoms. The van der Waals surface area contributed by atoms with Crippen LogP contribution in [0.15, 0.2) is 0 Å². The lowest BCUT2D eigenvalue weighted by Crippen LogP contribution is -2.02. The van der Waals surface area contributed by atoms with Crippen LogP contribution in [-0.2, 0) is 12.7 Å². The summed E-state index contributed by atoms with van der Waals surface area (Å²) in [5, 5.41) is 0. The molecule has 0 aliphatic heterocycles. The lowest BCUT2D eigenvalue weighted by molar-refractivity contribution is 0.187. The van der Waals surface area contributed by atoms with Gasteiger partial charge in [0.15, 0.2) is 0 Å². The Kier molecular flexibility index (Phi) is 6.82. The standard InChI is InChI=1S/C5H11BrClO4P/c1-2-3-4-5(7)10-12(8,9)11-6/h5H,2-4H2,1H3,(H,8,9). The Balaban J connectivity index is 3.68.